The highest BCUT2D eigenvalue weighted by atomic mass is 16.5. The topological polar surface area (TPSA) is 191 Å². The number of carbonyl (C=O) groups is 7. The van der Waals surface area contributed by atoms with Crippen molar-refractivity contribution in [1.29, 1.82) is 0 Å². The minimum atomic E-state index is -2.04. The largest absolute Gasteiger partial charge is 0.463 e. The Hall–Kier alpha value is -4.11. The fraction of sp³-hybridized carbons (Fsp3) is 0.522. The molecule has 6 rings (SSSR count). The number of carbonyl (C=O) groups excluding carboxylic acids is 5. The molecule has 0 aliphatic carbocycles. The summed E-state index contributed by atoms with van der Waals surface area (Å²) in [7, 11) is 0. The molecule has 7 amide bonds. The van der Waals surface area contributed by atoms with Crippen LogP contribution in [-0.4, -0.2) is 115 Å². The van der Waals surface area contributed by atoms with Gasteiger partial charge in [0.15, 0.2) is 0 Å². The van der Waals surface area contributed by atoms with Crippen LogP contribution in [0, 0.1) is 17.8 Å². The Morgan fingerprint density at radius 1 is 0.684 bits per heavy atom. The first-order chi connectivity index (χ1) is 18.1. The van der Waals surface area contributed by atoms with Crippen molar-refractivity contribution in [2.24, 2.45) is 17.8 Å². The molecular formula is C23H22N4O11. The van der Waals surface area contributed by atoms with E-state index < -0.39 is 79.2 Å². The van der Waals surface area contributed by atoms with Gasteiger partial charge in [-0.1, -0.05) is 24.3 Å². The predicted molar refractivity (Wildman–Crippen MR) is 117 cm³/mol. The van der Waals surface area contributed by atoms with Crippen molar-refractivity contribution >= 4 is 41.7 Å². The number of nitrogens with zero attached hydrogens (tertiary/aromatic N) is 4. The number of hydrogen-bond acceptors (Lipinski definition) is 9. The number of ether oxygens (including phenoxy) is 2. The van der Waals surface area contributed by atoms with Gasteiger partial charge in [0.25, 0.3) is 11.8 Å². The van der Waals surface area contributed by atoms with Crippen molar-refractivity contribution in [2.45, 2.75) is 43.3 Å². The summed E-state index contributed by atoms with van der Waals surface area (Å²) >= 11 is 0. The highest BCUT2D eigenvalue weighted by Crippen LogP contribution is 2.46. The molecule has 0 aromatic rings. The Kier molecular flexibility index (Phi) is 5.39. The van der Waals surface area contributed by atoms with E-state index in [9.17, 15) is 43.8 Å². The minimum absolute atomic E-state index is 0.192. The highest BCUT2D eigenvalue weighted by molar-refractivity contribution is 6.07. The average molecular weight is 530 g/mol. The Bertz CT molecular complexity index is 1220. The summed E-state index contributed by atoms with van der Waals surface area (Å²) in [5.74, 6) is -5.75. The van der Waals surface area contributed by atoms with Crippen molar-refractivity contribution in [3.05, 3.63) is 24.3 Å². The zero-order valence-electron chi connectivity index (χ0n) is 19.6. The lowest BCUT2D eigenvalue weighted by atomic mass is 9.79. The second-order valence-corrected chi connectivity index (χ2v) is 9.80. The lowest BCUT2D eigenvalue weighted by Crippen LogP contribution is -2.65. The zero-order valence-corrected chi connectivity index (χ0v) is 19.6. The molecule has 38 heavy (non-hydrogen) atoms. The first kappa shape index (κ1) is 24.2. The summed E-state index contributed by atoms with van der Waals surface area (Å²) < 4.78 is 11.1. The molecule has 15 heteroatoms. The summed E-state index contributed by atoms with van der Waals surface area (Å²) in [6.07, 6.45) is -0.138. The maximum Gasteiger partial charge on any atom is 0.434 e. The molecule has 0 saturated carbocycles. The highest BCUT2D eigenvalue weighted by Gasteiger charge is 2.62. The number of amides is 7. The number of imide groups is 3. The van der Waals surface area contributed by atoms with Gasteiger partial charge in [-0.05, 0) is 0 Å². The molecule has 6 heterocycles. The second kappa shape index (κ2) is 8.46. The number of rotatable bonds is 6. The third kappa shape index (κ3) is 3.31. The van der Waals surface area contributed by atoms with Gasteiger partial charge in [-0.3, -0.25) is 28.9 Å². The SMILES string of the molecule is O=C1C2C3C=CC(O3)C2C(=O)N1CCC(=O)N(C(=O)O)N(C(=O)O)C(=O)CCN1C(=O)C2C3C=CC(O3)C21. The molecule has 0 aromatic heterocycles. The van der Waals surface area contributed by atoms with E-state index in [0.717, 1.165) is 4.90 Å². The van der Waals surface area contributed by atoms with Gasteiger partial charge in [0.1, 0.15) is 0 Å². The average Bonchev–Trinajstić information content (AvgIpc) is 3.67. The Labute approximate surface area is 213 Å². The molecule has 8 atom stereocenters. The lowest BCUT2D eigenvalue weighted by Gasteiger charge is -2.46. The van der Waals surface area contributed by atoms with Crippen LogP contribution in [0.1, 0.15) is 12.8 Å². The van der Waals surface area contributed by atoms with E-state index in [0.29, 0.717) is 0 Å². The van der Waals surface area contributed by atoms with Gasteiger partial charge in [-0.2, -0.15) is 0 Å². The number of fused-ring (bicyclic) bond motifs is 10. The van der Waals surface area contributed by atoms with Crippen LogP contribution in [0.4, 0.5) is 9.59 Å². The van der Waals surface area contributed by atoms with Crippen LogP contribution in [-0.2, 0) is 33.4 Å². The Morgan fingerprint density at radius 2 is 1.13 bits per heavy atom. The van der Waals surface area contributed by atoms with Gasteiger partial charge < -0.3 is 24.6 Å². The normalized spacial score (nSPS) is 35.0. The summed E-state index contributed by atoms with van der Waals surface area (Å²) in [5.41, 5.74) is 0. The molecule has 2 N–H and O–H groups in total. The molecule has 8 unspecified atom stereocenters. The van der Waals surface area contributed by atoms with Gasteiger partial charge in [-0.25, -0.2) is 9.59 Å². The van der Waals surface area contributed by atoms with Crippen molar-refractivity contribution in [3.8, 4) is 0 Å². The van der Waals surface area contributed by atoms with E-state index in [4.69, 9.17) is 9.47 Å². The van der Waals surface area contributed by atoms with E-state index >= 15 is 0 Å². The molecule has 4 bridgehead atoms. The fourth-order valence-electron chi connectivity index (χ4n) is 6.29. The van der Waals surface area contributed by atoms with Crippen LogP contribution in [0.2, 0.25) is 0 Å². The van der Waals surface area contributed by atoms with Crippen LogP contribution >= 0.6 is 0 Å². The van der Waals surface area contributed by atoms with Crippen LogP contribution in [0.5, 0.6) is 0 Å². The minimum Gasteiger partial charge on any atom is -0.463 e. The van der Waals surface area contributed by atoms with Crippen molar-refractivity contribution in [3.63, 3.8) is 0 Å². The van der Waals surface area contributed by atoms with Crippen LogP contribution < -0.4 is 0 Å². The zero-order chi connectivity index (χ0) is 27.0. The summed E-state index contributed by atoms with van der Waals surface area (Å²) in [4.78, 5) is 89.4. The van der Waals surface area contributed by atoms with E-state index in [2.05, 4.69) is 0 Å². The van der Waals surface area contributed by atoms with Crippen molar-refractivity contribution in [2.75, 3.05) is 13.1 Å². The molecule has 6 aliphatic rings. The van der Waals surface area contributed by atoms with Crippen molar-refractivity contribution < 1.29 is 53.2 Å². The van der Waals surface area contributed by atoms with Crippen LogP contribution in [0.3, 0.4) is 0 Å². The fourth-order valence-corrected chi connectivity index (χ4v) is 6.29. The van der Waals surface area contributed by atoms with E-state index in [-0.39, 0.29) is 46.6 Å². The van der Waals surface area contributed by atoms with Crippen molar-refractivity contribution in [1.82, 2.24) is 19.8 Å². The third-order valence-electron chi connectivity index (χ3n) is 7.94. The molecule has 0 spiro atoms. The summed E-state index contributed by atoms with van der Waals surface area (Å²) in [6, 6.07) is -0.286. The standard InChI is InChI=1S/C23H22N4O11/c28-13(5-7-24-18-12-4-3-11(38-12)17(18)21(24)32)26(22(33)34)27(23(35)36)14(29)6-8-25-19(30)15-9-1-2-10(37-9)16(15)20(25)31/h1-4,9-12,15-18H,5-8H2,(H,33,34)(H,35,36). The van der Waals surface area contributed by atoms with Gasteiger partial charge in [-0.15, -0.1) is 10.0 Å². The first-order valence-corrected chi connectivity index (χ1v) is 12.0. The lowest BCUT2D eigenvalue weighted by molar-refractivity contribution is -0.159. The Balaban J connectivity index is 1.09. The van der Waals surface area contributed by atoms with Gasteiger partial charge >= 0.3 is 12.2 Å². The summed E-state index contributed by atoms with van der Waals surface area (Å²) in [5, 5.41) is 18.7. The molecule has 4 saturated heterocycles. The quantitative estimate of drug-likeness (QED) is 0.181. The first-order valence-electron chi connectivity index (χ1n) is 12.0. The monoisotopic (exact) mass is 530 g/mol. The molecule has 0 radical (unpaired) electrons. The predicted octanol–water partition coefficient (Wildman–Crippen LogP) is -1.20. The van der Waals surface area contributed by atoms with Crippen LogP contribution in [0.25, 0.3) is 0 Å². The van der Waals surface area contributed by atoms with E-state index in [1.165, 1.54) is 4.90 Å². The number of hydrogen-bond donors (Lipinski definition) is 2. The molecule has 15 nitrogen and oxygen atoms in total. The second-order valence-electron chi connectivity index (χ2n) is 9.80. The van der Waals surface area contributed by atoms with Gasteiger partial charge in [0.05, 0.1) is 48.2 Å². The van der Waals surface area contributed by atoms with Gasteiger partial charge in [0.2, 0.25) is 17.7 Å². The number of β-lactam (4-membered cyclic amide) rings is 1. The summed E-state index contributed by atoms with van der Waals surface area (Å²) in [6.45, 7) is -0.682. The number of carboxylic acid groups (broad SMARTS) is 2. The van der Waals surface area contributed by atoms with Gasteiger partial charge in [0, 0.05) is 25.9 Å². The molecule has 200 valence electrons. The molecule has 4 fully saturated rings. The number of hydrazine groups is 1. The number of likely N-dealkylation sites (tertiary alicyclic amines) is 2. The Morgan fingerprint density at radius 3 is 1.66 bits per heavy atom. The smallest absolute Gasteiger partial charge is 0.434 e. The third-order valence-corrected chi connectivity index (χ3v) is 7.94. The van der Waals surface area contributed by atoms with Crippen LogP contribution in [0.15, 0.2) is 24.3 Å². The molecular weight excluding hydrogens is 508 g/mol. The van der Waals surface area contributed by atoms with E-state index in [1.54, 1.807) is 24.3 Å². The maximum absolute atomic E-state index is 12.8. The molecule has 6 aliphatic heterocycles. The van der Waals surface area contributed by atoms with E-state index in [1.807, 2.05) is 0 Å². The molecule has 0 aromatic carbocycles. The maximum atomic E-state index is 12.8.